The Hall–Kier alpha value is -7.68. The fourth-order valence-electron chi connectivity index (χ4n) is 8.32. The zero-order valence-electron chi connectivity index (χ0n) is 32.8. The fourth-order valence-corrected chi connectivity index (χ4v) is 8.32. The van der Waals surface area contributed by atoms with E-state index in [-0.39, 0.29) is 0 Å². The van der Waals surface area contributed by atoms with Crippen molar-refractivity contribution in [2.24, 2.45) is 0 Å². The van der Waals surface area contributed by atoms with Crippen molar-refractivity contribution in [2.45, 2.75) is 6.92 Å². The molecule has 0 saturated carbocycles. The number of fused-ring (bicyclic) bond motifs is 1. The second-order valence-corrected chi connectivity index (χ2v) is 14.9. The third kappa shape index (κ3) is 7.03. The molecule has 9 aromatic carbocycles. The number of rotatable bonds is 9. The lowest BCUT2D eigenvalue weighted by molar-refractivity contribution is 0.629. The standard InChI is InChI=1S/C57H41NO/c1-40-51-21-12-13-26-56(51)59-57(40)47-18-14-17-46(39-47)43-29-27-41(28-30-43)42-31-35-49(36-32-42)58(48-19-6-3-7-20-48)50-37-33-45(34-38-50)53-23-9-11-25-55(53)54-24-10-8-22-52(54)44-15-4-2-5-16-44/h2-39H,1H3. The van der Waals surface area contributed by atoms with Crippen LogP contribution in [0.5, 0.6) is 0 Å². The van der Waals surface area contributed by atoms with E-state index in [1.54, 1.807) is 0 Å². The smallest absolute Gasteiger partial charge is 0.138 e. The molecular formula is C57H41NO. The van der Waals surface area contributed by atoms with Crippen LogP contribution in [0.15, 0.2) is 235 Å². The molecule has 10 rings (SSSR count). The van der Waals surface area contributed by atoms with E-state index >= 15 is 0 Å². The minimum absolute atomic E-state index is 0.921. The molecule has 0 radical (unpaired) electrons. The Morgan fingerprint density at radius 3 is 1.31 bits per heavy atom. The molecule has 1 heterocycles. The molecule has 0 fully saturated rings. The molecule has 0 bridgehead atoms. The third-order valence-corrected chi connectivity index (χ3v) is 11.3. The van der Waals surface area contributed by atoms with Gasteiger partial charge in [0.05, 0.1) is 0 Å². The maximum atomic E-state index is 6.29. The SMILES string of the molecule is Cc1c(-c2cccc(-c3ccc(-c4ccc(N(c5ccccc5)c5ccc(-c6ccccc6-c6ccccc6-c6ccccc6)cc5)cc4)cc3)c2)oc2ccccc12. The molecule has 59 heavy (non-hydrogen) atoms. The van der Waals surface area contributed by atoms with E-state index in [1.165, 1.54) is 55.6 Å². The minimum atomic E-state index is 0.921. The van der Waals surface area contributed by atoms with Crippen LogP contribution in [0.4, 0.5) is 17.1 Å². The molecule has 0 aliphatic rings. The van der Waals surface area contributed by atoms with Crippen molar-refractivity contribution >= 4 is 28.0 Å². The number of hydrogen-bond donors (Lipinski definition) is 0. The Morgan fingerprint density at radius 1 is 0.305 bits per heavy atom. The Labute approximate surface area is 345 Å². The highest BCUT2D eigenvalue weighted by atomic mass is 16.3. The lowest BCUT2D eigenvalue weighted by atomic mass is 9.89. The first-order valence-corrected chi connectivity index (χ1v) is 20.2. The van der Waals surface area contributed by atoms with Crippen molar-refractivity contribution in [3.05, 3.63) is 236 Å². The van der Waals surface area contributed by atoms with E-state index in [0.717, 1.165) is 44.9 Å². The van der Waals surface area contributed by atoms with E-state index in [1.807, 2.05) is 12.1 Å². The molecule has 1 aromatic heterocycles. The van der Waals surface area contributed by atoms with Gasteiger partial charge in [0.2, 0.25) is 0 Å². The van der Waals surface area contributed by atoms with Gasteiger partial charge in [-0.25, -0.2) is 0 Å². The predicted molar refractivity (Wildman–Crippen MR) is 248 cm³/mol. The zero-order chi connectivity index (χ0) is 39.5. The first kappa shape index (κ1) is 35.7. The van der Waals surface area contributed by atoms with Gasteiger partial charge in [-0.05, 0) is 111 Å². The summed E-state index contributed by atoms with van der Waals surface area (Å²) in [5.41, 5.74) is 18.4. The molecule has 0 atom stereocenters. The highest BCUT2D eigenvalue weighted by molar-refractivity contribution is 5.92. The van der Waals surface area contributed by atoms with Crippen molar-refractivity contribution in [3.63, 3.8) is 0 Å². The average Bonchev–Trinajstić information content (AvgIpc) is 3.66. The van der Waals surface area contributed by atoms with Crippen LogP contribution in [0.25, 0.3) is 77.9 Å². The van der Waals surface area contributed by atoms with Gasteiger partial charge in [0, 0.05) is 33.6 Å². The number of furan rings is 1. The van der Waals surface area contributed by atoms with Crippen molar-refractivity contribution in [1.29, 1.82) is 0 Å². The second-order valence-electron chi connectivity index (χ2n) is 14.9. The van der Waals surface area contributed by atoms with Crippen molar-refractivity contribution in [3.8, 4) is 67.0 Å². The molecule has 2 nitrogen and oxygen atoms in total. The minimum Gasteiger partial charge on any atom is -0.456 e. The quantitative estimate of drug-likeness (QED) is 0.146. The maximum absolute atomic E-state index is 6.29. The molecular weight excluding hydrogens is 715 g/mol. The second kappa shape index (κ2) is 15.7. The van der Waals surface area contributed by atoms with Crippen LogP contribution < -0.4 is 4.90 Å². The summed E-state index contributed by atoms with van der Waals surface area (Å²) in [5.74, 6) is 0.927. The molecule has 280 valence electrons. The van der Waals surface area contributed by atoms with E-state index in [2.05, 4.69) is 230 Å². The van der Waals surface area contributed by atoms with Crippen LogP contribution in [0.1, 0.15) is 5.56 Å². The normalized spacial score (nSPS) is 11.1. The summed E-state index contributed by atoms with van der Waals surface area (Å²) < 4.78 is 6.29. The summed E-state index contributed by atoms with van der Waals surface area (Å²) in [6.45, 7) is 2.14. The molecule has 0 saturated heterocycles. The average molecular weight is 756 g/mol. The summed E-state index contributed by atoms with van der Waals surface area (Å²) in [7, 11) is 0. The van der Waals surface area contributed by atoms with Gasteiger partial charge < -0.3 is 9.32 Å². The predicted octanol–water partition coefficient (Wildman–Crippen LogP) is 16.2. The lowest BCUT2D eigenvalue weighted by Gasteiger charge is -2.26. The van der Waals surface area contributed by atoms with Crippen molar-refractivity contribution in [2.75, 3.05) is 4.90 Å². The molecule has 0 aliphatic carbocycles. The fraction of sp³-hybridized carbons (Fsp3) is 0.0175. The Balaban J connectivity index is 0.926. The molecule has 0 aliphatic heterocycles. The Bertz CT molecular complexity index is 3020. The van der Waals surface area contributed by atoms with Gasteiger partial charge in [-0.3, -0.25) is 0 Å². The molecule has 2 heteroatoms. The molecule has 0 N–H and O–H groups in total. The van der Waals surface area contributed by atoms with Gasteiger partial charge in [0.25, 0.3) is 0 Å². The number of hydrogen-bond acceptors (Lipinski definition) is 2. The Morgan fingerprint density at radius 2 is 0.712 bits per heavy atom. The zero-order valence-corrected chi connectivity index (χ0v) is 32.8. The third-order valence-electron chi connectivity index (χ3n) is 11.3. The molecule has 0 unspecified atom stereocenters. The summed E-state index contributed by atoms with van der Waals surface area (Å²) in [5, 5.41) is 1.16. The topological polar surface area (TPSA) is 16.4 Å². The van der Waals surface area contributed by atoms with Crippen molar-refractivity contribution < 1.29 is 4.42 Å². The largest absolute Gasteiger partial charge is 0.456 e. The van der Waals surface area contributed by atoms with Crippen LogP contribution in [0.2, 0.25) is 0 Å². The first-order chi connectivity index (χ1) is 29.2. The van der Waals surface area contributed by atoms with E-state index in [9.17, 15) is 0 Å². The van der Waals surface area contributed by atoms with E-state index < -0.39 is 0 Å². The molecule has 10 aromatic rings. The van der Waals surface area contributed by atoms with Crippen LogP contribution in [0.3, 0.4) is 0 Å². The summed E-state index contributed by atoms with van der Waals surface area (Å²) in [6, 6.07) is 82.2. The van der Waals surface area contributed by atoms with Crippen LogP contribution in [-0.4, -0.2) is 0 Å². The summed E-state index contributed by atoms with van der Waals surface area (Å²) in [6.07, 6.45) is 0. The molecule has 0 spiro atoms. The first-order valence-electron chi connectivity index (χ1n) is 20.2. The van der Waals surface area contributed by atoms with Gasteiger partial charge in [0.15, 0.2) is 0 Å². The van der Waals surface area contributed by atoms with Crippen LogP contribution in [0, 0.1) is 6.92 Å². The monoisotopic (exact) mass is 755 g/mol. The maximum Gasteiger partial charge on any atom is 0.138 e. The van der Waals surface area contributed by atoms with Crippen LogP contribution >= 0.6 is 0 Å². The highest BCUT2D eigenvalue weighted by Gasteiger charge is 2.16. The number of aryl methyl sites for hydroxylation is 1. The van der Waals surface area contributed by atoms with Gasteiger partial charge in [-0.15, -0.1) is 0 Å². The van der Waals surface area contributed by atoms with E-state index in [4.69, 9.17) is 4.42 Å². The number of nitrogens with zero attached hydrogens (tertiary/aromatic N) is 1. The van der Waals surface area contributed by atoms with Gasteiger partial charge in [-0.2, -0.15) is 0 Å². The van der Waals surface area contributed by atoms with Gasteiger partial charge in [0.1, 0.15) is 11.3 Å². The number of anilines is 3. The lowest BCUT2D eigenvalue weighted by Crippen LogP contribution is -2.09. The van der Waals surface area contributed by atoms with Gasteiger partial charge >= 0.3 is 0 Å². The Kier molecular flexibility index (Phi) is 9.50. The van der Waals surface area contributed by atoms with Gasteiger partial charge in [-0.1, -0.05) is 182 Å². The number of benzene rings is 9. The van der Waals surface area contributed by atoms with Crippen molar-refractivity contribution in [1.82, 2.24) is 0 Å². The van der Waals surface area contributed by atoms with E-state index in [0.29, 0.717) is 0 Å². The molecule has 0 amide bonds. The summed E-state index contributed by atoms with van der Waals surface area (Å²) in [4.78, 5) is 2.32. The highest BCUT2D eigenvalue weighted by Crippen LogP contribution is 2.41. The number of para-hydroxylation sites is 2. The van der Waals surface area contributed by atoms with Crippen LogP contribution in [-0.2, 0) is 0 Å². The summed E-state index contributed by atoms with van der Waals surface area (Å²) >= 11 is 0.